The van der Waals surface area contributed by atoms with E-state index in [-0.39, 0.29) is 0 Å². The van der Waals surface area contributed by atoms with Gasteiger partial charge in [0.2, 0.25) is 0 Å². The van der Waals surface area contributed by atoms with Crippen molar-refractivity contribution < 1.29 is 9.90 Å². The lowest BCUT2D eigenvalue weighted by molar-refractivity contribution is -0.136. The molecule has 18 heavy (non-hydrogen) atoms. The van der Waals surface area contributed by atoms with E-state index in [1.807, 2.05) is 0 Å². The Morgan fingerprint density at radius 2 is 1.28 bits per heavy atom. The number of rotatable bonds is 13. The third kappa shape index (κ3) is 12.3. The molecule has 108 valence electrons. The van der Waals surface area contributed by atoms with Crippen molar-refractivity contribution >= 4 is 18.6 Å². The molecule has 0 bridgehead atoms. The molecule has 0 aromatic heterocycles. The summed E-state index contributed by atoms with van der Waals surface area (Å²) in [6, 6.07) is 0. The summed E-state index contributed by atoms with van der Waals surface area (Å²) in [7, 11) is 0. The van der Waals surface area contributed by atoms with Gasteiger partial charge < -0.3 is 5.11 Å². The summed E-state index contributed by atoms with van der Waals surface area (Å²) in [4.78, 5) is 10.5. The number of carbonyl (C=O) groups is 1. The van der Waals surface area contributed by atoms with E-state index in [0.29, 0.717) is 6.42 Å². The van der Waals surface area contributed by atoms with Crippen LogP contribution in [0.5, 0.6) is 0 Å². The van der Waals surface area contributed by atoms with Crippen molar-refractivity contribution in [2.75, 3.05) is 0 Å². The van der Waals surface area contributed by atoms with Gasteiger partial charge in [0.25, 0.3) is 0 Å². The van der Waals surface area contributed by atoms with Crippen LogP contribution in [0, 0.1) is 0 Å². The zero-order valence-electron chi connectivity index (χ0n) is 11.9. The van der Waals surface area contributed by atoms with Gasteiger partial charge in [0, 0.05) is 0 Å². The minimum Gasteiger partial charge on any atom is -0.480 e. The molecule has 0 heterocycles. The summed E-state index contributed by atoms with van der Waals surface area (Å²) >= 11 is 4.02. The van der Waals surface area contributed by atoms with Crippen molar-refractivity contribution in [3.05, 3.63) is 0 Å². The smallest absolute Gasteiger partial charge is 0.316 e. The van der Waals surface area contributed by atoms with Gasteiger partial charge in [-0.1, -0.05) is 77.6 Å². The average molecular weight is 274 g/mol. The van der Waals surface area contributed by atoms with Crippen LogP contribution in [0.1, 0.15) is 84.0 Å². The van der Waals surface area contributed by atoms with Gasteiger partial charge in [-0.25, -0.2) is 0 Å². The lowest BCUT2D eigenvalue weighted by atomic mass is 10.0. The second-order valence-electron chi connectivity index (χ2n) is 5.18. The van der Waals surface area contributed by atoms with Crippen LogP contribution >= 0.6 is 12.6 Å². The molecule has 0 aliphatic carbocycles. The number of thiol groups is 1. The van der Waals surface area contributed by atoms with E-state index >= 15 is 0 Å². The fourth-order valence-corrected chi connectivity index (χ4v) is 2.31. The first-order chi connectivity index (χ1) is 8.68. The molecule has 0 aromatic carbocycles. The molecule has 0 saturated carbocycles. The van der Waals surface area contributed by atoms with Gasteiger partial charge in [-0.15, -0.1) is 0 Å². The molecule has 0 saturated heterocycles. The zero-order chi connectivity index (χ0) is 13.6. The van der Waals surface area contributed by atoms with Gasteiger partial charge in [-0.05, 0) is 6.42 Å². The minimum absolute atomic E-state index is 0.469. The predicted molar refractivity (Wildman–Crippen MR) is 81.5 cm³/mol. The third-order valence-corrected chi connectivity index (χ3v) is 3.85. The molecular formula is C15H30O2S. The maximum atomic E-state index is 10.5. The Kier molecular flexibility index (Phi) is 13.1. The van der Waals surface area contributed by atoms with E-state index in [0.717, 1.165) is 12.8 Å². The summed E-state index contributed by atoms with van der Waals surface area (Å²) in [5, 5.41) is 8.20. The van der Waals surface area contributed by atoms with Crippen LogP contribution in [0.3, 0.4) is 0 Å². The molecule has 0 spiro atoms. The average Bonchev–Trinajstić information content (AvgIpc) is 2.35. The van der Waals surface area contributed by atoms with Crippen LogP contribution in [0.15, 0.2) is 0 Å². The molecule has 0 radical (unpaired) electrons. The van der Waals surface area contributed by atoms with Crippen LogP contribution in [0.4, 0.5) is 0 Å². The first kappa shape index (κ1) is 17.8. The Labute approximate surface area is 118 Å². The second-order valence-corrected chi connectivity index (χ2v) is 5.80. The lowest BCUT2D eigenvalue weighted by Gasteiger charge is -2.05. The molecule has 0 rings (SSSR count). The van der Waals surface area contributed by atoms with Crippen molar-refractivity contribution in [3.63, 3.8) is 0 Å². The van der Waals surface area contributed by atoms with Crippen molar-refractivity contribution in [2.24, 2.45) is 0 Å². The van der Waals surface area contributed by atoms with Gasteiger partial charge in [0.05, 0.1) is 5.25 Å². The summed E-state index contributed by atoms with van der Waals surface area (Å²) in [6.45, 7) is 2.25. The first-order valence-electron chi connectivity index (χ1n) is 7.59. The molecule has 1 atom stereocenters. The quantitative estimate of drug-likeness (QED) is 0.363. The minimum atomic E-state index is -0.787. The Morgan fingerprint density at radius 1 is 0.889 bits per heavy atom. The normalized spacial score (nSPS) is 12.6. The predicted octanol–water partition coefficient (Wildman–Crippen LogP) is 5.07. The number of carboxylic acids is 1. The third-order valence-electron chi connectivity index (χ3n) is 3.37. The van der Waals surface area contributed by atoms with E-state index in [4.69, 9.17) is 5.11 Å². The molecular weight excluding hydrogens is 244 g/mol. The SMILES string of the molecule is CCCCCCCCCCCCCC(S)C(=O)O. The van der Waals surface area contributed by atoms with Gasteiger partial charge >= 0.3 is 5.97 Å². The largest absolute Gasteiger partial charge is 0.480 e. The number of unbranched alkanes of at least 4 members (excludes halogenated alkanes) is 10. The monoisotopic (exact) mass is 274 g/mol. The van der Waals surface area contributed by atoms with Crippen molar-refractivity contribution in [3.8, 4) is 0 Å². The molecule has 0 aliphatic heterocycles. The highest BCUT2D eigenvalue weighted by Crippen LogP contribution is 2.13. The molecule has 2 nitrogen and oxygen atoms in total. The molecule has 0 aliphatic rings. The van der Waals surface area contributed by atoms with E-state index in [2.05, 4.69) is 19.6 Å². The first-order valence-corrected chi connectivity index (χ1v) is 8.11. The number of hydrogen-bond donors (Lipinski definition) is 2. The van der Waals surface area contributed by atoms with Crippen LogP contribution in [0.2, 0.25) is 0 Å². The topological polar surface area (TPSA) is 37.3 Å². The van der Waals surface area contributed by atoms with Gasteiger partial charge in [-0.3, -0.25) is 4.79 Å². The van der Waals surface area contributed by atoms with E-state index in [1.54, 1.807) is 0 Å². The summed E-state index contributed by atoms with van der Waals surface area (Å²) in [6.07, 6.45) is 15.0. The zero-order valence-corrected chi connectivity index (χ0v) is 12.8. The van der Waals surface area contributed by atoms with Gasteiger partial charge in [0.15, 0.2) is 0 Å². The highest BCUT2D eigenvalue weighted by molar-refractivity contribution is 7.81. The second kappa shape index (κ2) is 13.3. The van der Waals surface area contributed by atoms with E-state index in [1.165, 1.54) is 57.8 Å². The molecule has 3 heteroatoms. The van der Waals surface area contributed by atoms with Crippen molar-refractivity contribution in [1.82, 2.24) is 0 Å². The molecule has 0 fully saturated rings. The number of carboxylic acid groups (broad SMARTS) is 1. The van der Waals surface area contributed by atoms with Crippen molar-refractivity contribution in [2.45, 2.75) is 89.2 Å². The van der Waals surface area contributed by atoms with Crippen LogP contribution in [-0.2, 0) is 4.79 Å². The van der Waals surface area contributed by atoms with Crippen molar-refractivity contribution in [1.29, 1.82) is 0 Å². The lowest BCUT2D eigenvalue weighted by Crippen LogP contribution is -2.12. The van der Waals surface area contributed by atoms with Gasteiger partial charge in [0.1, 0.15) is 0 Å². The van der Waals surface area contributed by atoms with E-state index in [9.17, 15) is 4.79 Å². The summed E-state index contributed by atoms with van der Waals surface area (Å²) in [5.41, 5.74) is 0. The Morgan fingerprint density at radius 3 is 1.67 bits per heavy atom. The molecule has 0 aromatic rings. The standard InChI is InChI=1S/C15H30O2S/c1-2-3-4-5-6-7-8-9-10-11-12-13-14(18)15(16)17/h14,18H,2-13H2,1H3,(H,16,17). The van der Waals surface area contributed by atoms with Crippen LogP contribution < -0.4 is 0 Å². The Balaban J connectivity index is 3.05. The summed E-state index contributed by atoms with van der Waals surface area (Å²) in [5.74, 6) is -0.787. The number of hydrogen-bond acceptors (Lipinski definition) is 2. The maximum absolute atomic E-state index is 10.5. The fourth-order valence-electron chi connectivity index (χ4n) is 2.13. The molecule has 0 amide bonds. The van der Waals surface area contributed by atoms with Gasteiger partial charge in [-0.2, -0.15) is 12.6 Å². The van der Waals surface area contributed by atoms with Crippen LogP contribution in [-0.4, -0.2) is 16.3 Å². The molecule has 1 unspecified atom stereocenters. The Bertz CT molecular complexity index is 195. The van der Waals surface area contributed by atoms with E-state index < -0.39 is 11.2 Å². The van der Waals surface area contributed by atoms with Crippen LogP contribution in [0.25, 0.3) is 0 Å². The maximum Gasteiger partial charge on any atom is 0.316 e. The highest BCUT2D eigenvalue weighted by atomic mass is 32.1. The number of aliphatic carboxylic acids is 1. The fraction of sp³-hybridized carbons (Fsp3) is 0.933. The summed E-state index contributed by atoms with van der Waals surface area (Å²) < 4.78 is 0. The Hall–Kier alpha value is -0.180. The highest BCUT2D eigenvalue weighted by Gasteiger charge is 2.10. The molecule has 1 N–H and O–H groups in total.